The van der Waals surface area contributed by atoms with Crippen molar-refractivity contribution in [2.45, 2.75) is 76.0 Å². The zero-order chi connectivity index (χ0) is 24.7. The fourth-order valence-electron chi connectivity index (χ4n) is 6.24. The number of nitrogens with one attached hydrogen (secondary N) is 2. The van der Waals surface area contributed by atoms with Crippen LogP contribution in [0.4, 0.5) is 13.2 Å². The van der Waals surface area contributed by atoms with Crippen LogP contribution in [0.3, 0.4) is 0 Å². The van der Waals surface area contributed by atoms with E-state index in [1.54, 1.807) is 12.4 Å². The number of alkyl halides is 3. The van der Waals surface area contributed by atoms with Crippen molar-refractivity contribution in [1.29, 1.82) is 0 Å². The van der Waals surface area contributed by atoms with Gasteiger partial charge in [0.25, 0.3) is 0 Å². The van der Waals surface area contributed by atoms with Crippen molar-refractivity contribution < 1.29 is 13.2 Å². The molecule has 0 bridgehead atoms. The molecule has 1 aliphatic heterocycles. The highest BCUT2D eigenvalue weighted by Crippen LogP contribution is 2.51. The standard InChI is InChI=1S/C25H36F3N5/c1-7-33-21(2,3)17-23(29,19-12-14-31-15-13-19)25(30-6,22(33,4)5)32-16-18-8-10-20(11-9-18)24(26,27)28/h8-15,30,32H,7,16-17,29H2,1-6H3. The van der Waals surface area contributed by atoms with E-state index in [9.17, 15) is 13.2 Å². The minimum absolute atomic E-state index is 0.202. The molecule has 1 aromatic carbocycles. The lowest BCUT2D eigenvalue weighted by Gasteiger charge is -2.69. The Kier molecular flexibility index (Phi) is 6.72. The molecule has 1 fully saturated rings. The molecule has 2 unspecified atom stereocenters. The van der Waals surface area contributed by atoms with Gasteiger partial charge < -0.3 is 5.73 Å². The molecule has 182 valence electrons. The second-order valence-electron chi connectivity index (χ2n) is 10.0. The van der Waals surface area contributed by atoms with Gasteiger partial charge in [0.1, 0.15) is 5.66 Å². The summed E-state index contributed by atoms with van der Waals surface area (Å²) in [6, 6.07) is 9.16. The van der Waals surface area contributed by atoms with Crippen LogP contribution in [0.5, 0.6) is 0 Å². The first-order valence-corrected chi connectivity index (χ1v) is 11.3. The van der Waals surface area contributed by atoms with E-state index in [1.807, 2.05) is 19.2 Å². The summed E-state index contributed by atoms with van der Waals surface area (Å²) < 4.78 is 39.0. The van der Waals surface area contributed by atoms with Crippen LogP contribution in [-0.4, -0.2) is 40.2 Å². The fourth-order valence-corrected chi connectivity index (χ4v) is 6.24. The van der Waals surface area contributed by atoms with Crippen molar-refractivity contribution >= 4 is 0 Å². The Morgan fingerprint density at radius 2 is 1.61 bits per heavy atom. The smallest absolute Gasteiger partial charge is 0.319 e. The van der Waals surface area contributed by atoms with Crippen molar-refractivity contribution in [1.82, 2.24) is 20.5 Å². The topological polar surface area (TPSA) is 66.2 Å². The van der Waals surface area contributed by atoms with E-state index in [0.717, 1.165) is 29.8 Å². The summed E-state index contributed by atoms with van der Waals surface area (Å²) >= 11 is 0. The maximum atomic E-state index is 13.0. The first-order chi connectivity index (χ1) is 15.2. The molecular weight excluding hydrogens is 427 g/mol. The van der Waals surface area contributed by atoms with E-state index in [2.05, 4.69) is 55.1 Å². The van der Waals surface area contributed by atoms with Gasteiger partial charge in [0.05, 0.1) is 11.1 Å². The van der Waals surface area contributed by atoms with Crippen molar-refractivity contribution in [3.8, 4) is 0 Å². The van der Waals surface area contributed by atoms with Crippen LogP contribution in [0.1, 0.15) is 57.7 Å². The monoisotopic (exact) mass is 463 g/mol. The SMILES string of the molecule is CCN1C(C)(C)CC(N)(c2ccncc2)C(NC)(NCc2ccc(C(F)(F)F)cc2)C1(C)C. The van der Waals surface area contributed by atoms with Gasteiger partial charge >= 0.3 is 6.18 Å². The van der Waals surface area contributed by atoms with Crippen LogP contribution in [0, 0.1) is 0 Å². The molecule has 8 heteroatoms. The summed E-state index contributed by atoms with van der Waals surface area (Å²) in [5, 5.41) is 7.19. The number of pyridine rings is 1. The first-order valence-electron chi connectivity index (χ1n) is 11.3. The van der Waals surface area contributed by atoms with Crippen LogP contribution >= 0.6 is 0 Å². The molecule has 1 saturated heterocycles. The third kappa shape index (κ3) is 4.18. The number of aromatic nitrogens is 1. The molecule has 5 nitrogen and oxygen atoms in total. The highest BCUT2D eigenvalue weighted by molar-refractivity contribution is 5.36. The second kappa shape index (κ2) is 8.65. The van der Waals surface area contributed by atoms with Crippen molar-refractivity contribution in [2.75, 3.05) is 13.6 Å². The summed E-state index contributed by atoms with van der Waals surface area (Å²) in [6.45, 7) is 12.0. The van der Waals surface area contributed by atoms with E-state index in [-0.39, 0.29) is 5.54 Å². The van der Waals surface area contributed by atoms with Gasteiger partial charge in [-0.05, 0) is 83.1 Å². The molecule has 2 heterocycles. The van der Waals surface area contributed by atoms with Gasteiger partial charge in [0.2, 0.25) is 0 Å². The van der Waals surface area contributed by atoms with E-state index >= 15 is 0 Å². The summed E-state index contributed by atoms with van der Waals surface area (Å²) in [4.78, 5) is 6.60. The molecule has 3 rings (SSSR count). The molecule has 4 N–H and O–H groups in total. The first kappa shape index (κ1) is 25.6. The van der Waals surface area contributed by atoms with Gasteiger partial charge in [0, 0.05) is 30.0 Å². The zero-order valence-corrected chi connectivity index (χ0v) is 20.3. The van der Waals surface area contributed by atoms with Gasteiger partial charge in [-0.2, -0.15) is 13.2 Å². The number of likely N-dealkylation sites (N-methyl/N-ethyl adjacent to an activating group) is 2. The molecular formula is C25H36F3N5. The van der Waals surface area contributed by atoms with Gasteiger partial charge in [-0.3, -0.25) is 20.5 Å². The maximum absolute atomic E-state index is 13.0. The lowest BCUT2D eigenvalue weighted by molar-refractivity contribution is -0.145. The summed E-state index contributed by atoms with van der Waals surface area (Å²) in [6.07, 6.45) is -0.217. The second-order valence-corrected chi connectivity index (χ2v) is 10.0. The minimum Gasteiger partial charge on any atom is -0.319 e. The minimum atomic E-state index is -4.36. The molecule has 33 heavy (non-hydrogen) atoms. The van der Waals surface area contributed by atoms with E-state index < -0.39 is 28.5 Å². The average molecular weight is 464 g/mol. The molecule has 2 aromatic rings. The number of hydrogen-bond acceptors (Lipinski definition) is 5. The van der Waals surface area contributed by atoms with E-state index in [4.69, 9.17) is 5.73 Å². The average Bonchev–Trinajstić information content (AvgIpc) is 2.73. The molecule has 0 spiro atoms. The number of halogens is 3. The Morgan fingerprint density at radius 1 is 1.03 bits per heavy atom. The van der Waals surface area contributed by atoms with Crippen LogP contribution < -0.4 is 16.4 Å². The van der Waals surface area contributed by atoms with E-state index in [0.29, 0.717) is 13.0 Å². The Hall–Kier alpha value is -2.00. The number of nitrogens with zero attached hydrogens (tertiary/aromatic N) is 2. The number of piperidine rings is 1. The lowest BCUT2D eigenvalue weighted by atomic mass is 9.59. The van der Waals surface area contributed by atoms with Crippen LogP contribution in [0.15, 0.2) is 48.8 Å². The van der Waals surface area contributed by atoms with E-state index in [1.165, 1.54) is 12.1 Å². The summed E-state index contributed by atoms with van der Waals surface area (Å²) in [5.74, 6) is 0. The summed E-state index contributed by atoms with van der Waals surface area (Å²) in [7, 11) is 1.89. The van der Waals surface area contributed by atoms with Gasteiger partial charge in [-0.1, -0.05) is 19.1 Å². The van der Waals surface area contributed by atoms with Gasteiger partial charge in [-0.15, -0.1) is 0 Å². The quantitative estimate of drug-likeness (QED) is 0.559. The molecule has 0 aliphatic carbocycles. The van der Waals surface area contributed by atoms with Crippen LogP contribution in [0.25, 0.3) is 0 Å². The van der Waals surface area contributed by atoms with Crippen molar-refractivity contribution in [2.24, 2.45) is 5.73 Å². The molecule has 2 atom stereocenters. The predicted octanol–water partition coefficient (Wildman–Crippen LogP) is 4.24. The molecule has 0 amide bonds. The number of rotatable bonds is 6. The molecule has 0 radical (unpaired) electrons. The van der Waals surface area contributed by atoms with Crippen LogP contribution in [0.2, 0.25) is 0 Å². The Bertz CT molecular complexity index is 943. The Balaban J connectivity index is 2.09. The molecule has 0 saturated carbocycles. The molecule has 1 aromatic heterocycles. The fraction of sp³-hybridized carbons (Fsp3) is 0.560. The number of likely N-dealkylation sites (tertiary alicyclic amines) is 1. The predicted molar refractivity (Wildman–Crippen MR) is 125 cm³/mol. The lowest BCUT2D eigenvalue weighted by Crippen LogP contribution is -2.88. The van der Waals surface area contributed by atoms with Crippen LogP contribution in [-0.2, 0) is 18.3 Å². The van der Waals surface area contributed by atoms with Gasteiger partial charge in [0.15, 0.2) is 0 Å². The van der Waals surface area contributed by atoms with Crippen molar-refractivity contribution in [3.63, 3.8) is 0 Å². The molecule has 1 aliphatic rings. The largest absolute Gasteiger partial charge is 0.416 e. The summed E-state index contributed by atoms with van der Waals surface area (Å²) in [5.41, 5.74) is 6.08. The number of hydrogen-bond donors (Lipinski definition) is 3. The Morgan fingerprint density at radius 3 is 2.09 bits per heavy atom. The van der Waals surface area contributed by atoms with Crippen molar-refractivity contribution in [3.05, 3.63) is 65.5 Å². The highest BCUT2D eigenvalue weighted by Gasteiger charge is 2.66. The number of benzene rings is 1. The van der Waals surface area contributed by atoms with Gasteiger partial charge in [-0.25, -0.2) is 0 Å². The third-order valence-corrected chi connectivity index (χ3v) is 7.43. The zero-order valence-electron chi connectivity index (χ0n) is 20.3. The maximum Gasteiger partial charge on any atom is 0.416 e. The highest BCUT2D eigenvalue weighted by atomic mass is 19.4. The third-order valence-electron chi connectivity index (χ3n) is 7.43. The number of nitrogens with two attached hydrogens (primary N) is 1. The Labute approximate surface area is 195 Å². The normalized spacial score (nSPS) is 27.5.